The third-order valence-electron chi connectivity index (χ3n) is 5.75. The number of amides is 3. The first-order chi connectivity index (χ1) is 16.9. The van der Waals surface area contributed by atoms with E-state index in [4.69, 9.17) is 4.74 Å². The lowest BCUT2D eigenvalue weighted by atomic mass is 10.1. The highest BCUT2D eigenvalue weighted by Gasteiger charge is 2.35. The Bertz CT molecular complexity index is 1210. The highest BCUT2D eigenvalue weighted by Crippen LogP contribution is 2.27. The van der Waals surface area contributed by atoms with Crippen LogP contribution < -0.4 is 20.3 Å². The predicted molar refractivity (Wildman–Crippen MR) is 131 cm³/mol. The van der Waals surface area contributed by atoms with Gasteiger partial charge in [0.1, 0.15) is 11.6 Å². The zero-order valence-electron chi connectivity index (χ0n) is 19.3. The second-order valence-corrected chi connectivity index (χ2v) is 8.18. The summed E-state index contributed by atoms with van der Waals surface area (Å²) in [5.41, 5.74) is 2.15. The van der Waals surface area contributed by atoms with Gasteiger partial charge in [-0.2, -0.15) is 0 Å². The Kier molecular flexibility index (Phi) is 7.40. The molecule has 1 fully saturated rings. The molecule has 1 atom stereocenters. The molecule has 0 aliphatic carbocycles. The van der Waals surface area contributed by atoms with Gasteiger partial charge in [0.25, 0.3) is 5.91 Å². The second kappa shape index (κ2) is 10.8. The molecule has 35 heavy (non-hydrogen) atoms. The van der Waals surface area contributed by atoms with Crippen molar-refractivity contribution in [2.24, 2.45) is 5.92 Å². The molecule has 0 saturated carbocycles. The van der Waals surface area contributed by atoms with Gasteiger partial charge in [-0.1, -0.05) is 24.3 Å². The van der Waals surface area contributed by atoms with Gasteiger partial charge < -0.3 is 20.3 Å². The SMILES string of the molecule is CCOc1ccc(CNC(=O)c2ccccc2NC(=O)[C@@H]2CC(=O)N(c3ccc(F)cc3)C2)cc1. The molecule has 7 nitrogen and oxygen atoms in total. The van der Waals surface area contributed by atoms with Crippen LogP contribution in [0.2, 0.25) is 0 Å². The van der Waals surface area contributed by atoms with Gasteiger partial charge in [0.15, 0.2) is 0 Å². The molecule has 3 amide bonds. The first kappa shape index (κ1) is 23.9. The number of nitrogens with zero attached hydrogens (tertiary/aromatic N) is 1. The molecule has 0 radical (unpaired) electrons. The van der Waals surface area contributed by atoms with Gasteiger partial charge in [0, 0.05) is 25.2 Å². The molecule has 8 heteroatoms. The van der Waals surface area contributed by atoms with Crippen molar-refractivity contribution in [2.75, 3.05) is 23.4 Å². The van der Waals surface area contributed by atoms with Crippen LogP contribution >= 0.6 is 0 Å². The van der Waals surface area contributed by atoms with Crippen LogP contribution in [0.5, 0.6) is 5.75 Å². The molecular weight excluding hydrogens is 449 g/mol. The number of carbonyl (C=O) groups excluding carboxylic acids is 3. The molecule has 0 spiro atoms. The molecule has 1 heterocycles. The summed E-state index contributed by atoms with van der Waals surface area (Å²) in [6, 6.07) is 19.7. The summed E-state index contributed by atoms with van der Waals surface area (Å²) >= 11 is 0. The lowest BCUT2D eigenvalue weighted by molar-refractivity contribution is -0.122. The fourth-order valence-electron chi connectivity index (χ4n) is 3.93. The van der Waals surface area contributed by atoms with Crippen molar-refractivity contribution in [3.63, 3.8) is 0 Å². The number of anilines is 2. The molecule has 1 saturated heterocycles. The lowest BCUT2D eigenvalue weighted by Gasteiger charge is -2.17. The lowest BCUT2D eigenvalue weighted by Crippen LogP contribution is -2.29. The van der Waals surface area contributed by atoms with Gasteiger partial charge in [-0.05, 0) is 61.0 Å². The van der Waals surface area contributed by atoms with Crippen molar-refractivity contribution in [3.05, 3.63) is 89.7 Å². The van der Waals surface area contributed by atoms with Crippen molar-refractivity contribution in [3.8, 4) is 5.75 Å². The van der Waals surface area contributed by atoms with Crippen molar-refractivity contribution < 1.29 is 23.5 Å². The van der Waals surface area contributed by atoms with Crippen molar-refractivity contribution in [1.29, 1.82) is 0 Å². The number of hydrogen-bond donors (Lipinski definition) is 2. The molecule has 1 aliphatic rings. The Morgan fingerprint density at radius 2 is 1.74 bits per heavy atom. The standard InChI is InChI=1S/C27H26FN3O4/c1-2-35-22-13-7-18(8-14-22)16-29-27(34)23-5-3-4-6-24(23)30-26(33)19-15-25(32)31(17-19)21-11-9-20(28)10-12-21/h3-14,19H,2,15-17H2,1H3,(H,29,34)(H,30,33)/t19-/m1/s1. The van der Waals surface area contributed by atoms with E-state index in [1.54, 1.807) is 24.3 Å². The van der Waals surface area contributed by atoms with Gasteiger partial charge in [0.05, 0.1) is 23.8 Å². The van der Waals surface area contributed by atoms with Crippen LogP contribution in [0.4, 0.5) is 15.8 Å². The van der Waals surface area contributed by atoms with E-state index in [9.17, 15) is 18.8 Å². The fourth-order valence-corrected chi connectivity index (χ4v) is 3.93. The molecular formula is C27H26FN3O4. The van der Waals surface area contributed by atoms with E-state index < -0.39 is 11.7 Å². The van der Waals surface area contributed by atoms with Crippen molar-refractivity contribution in [2.45, 2.75) is 19.9 Å². The predicted octanol–water partition coefficient (Wildman–Crippen LogP) is 4.15. The molecule has 4 rings (SSSR count). The van der Waals surface area contributed by atoms with Crippen LogP contribution in [0, 0.1) is 11.7 Å². The number of para-hydroxylation sites is 1. The highest BCUT2D eigenvalue weighted by molar-refractivity contribution is 6.07. The molecule has 0 aromatic heterocycles. The minimum Gasteiger partial charge on any atom is -0.494 e. The van der Waals surface area contributed by atoms with E-state index in [2.05, 4.69) is 10.6 Å². The first-order valence-electron chi connectivity index (χ1n) is 11.4. The Balaban J connectivity index is 1.38. The topological polar surface area (TPSA) is 87.7 Å². The number of ether oxygens (including phenoxy) is 1. The van der Waals surface area contributed by atoms with Gasteiger partial charge >= 0.3 is 0 Å². The van der Waals surface area contributed by atoms with Crippen LogP contribution in [-0.4, -0.2) is 30.9 Å². The summed E-state index contributed by atoms with van der Waals surface area (Å²) < 4.78 is 18.6. The molecule has 0 bridgehead atoms. The maximum atomic E-state index is 13.2. The first-order valence-corrected chi connectivity index (χ1v) is 11.4. The Hall–Kier alpha value is -4.20. The Labute approximate surface area is 202 Å². The third-order valence-corrected chi connectivity index (χ3v) is 5.75. The number of rotatable bonds is 8. The Morgan fingerprint density at radius 1 is 1.03 bits per heavy atom. The summed E-state index contributed by atoms with van der Waals surface area (Å²) in [6.45, 7) is 2.99. The largest absolute Gasteiger partial charge is 0.494 e. The Morgan fingerprint density at radius 3 is 2.46 bits per heavy atom. The van der Waals surface area contributed by atoms with Crippen molar-refractivity contribution >= 4 is 29.1 Å². The van der Waals surface area contributed by atoms with Gasteiger partial charge in [-0.15, -0.1) is 0 Å². The highest BCUT2D eigenvalue weighted by atomic mass is 19.1. The number of nitrogens with one attached hydrogen (secondary N) is 2. The van der Waals surface area contributed by atoms with Crippen LogP contribution in [0.3, 0.4) is 0 Å². The van der Waals surface area contributed by atoms with Crippen LogP contribution in [0.25, 0.3) is 0 Å². The van der Waals surface area contributed by atoms with E-state index in [1.165, 1.54) is 29.2 Å². The fraction of sp³-hybridized carbons (Fsp3) is 0.222. The summed E-state index contributed by atoms with van der Waals surface area (Å²) in [5.74, 6) is -1.11. The molecule has 180 valence electrons. The van der Waals surface area contributed by atoms with E-state index in [0.29, 0.717) is 30.1 Å². The summed E-state index contributed by atoms with van der Waals surface area (Å²) in [6.07, 6.45) is 0.0370. The average Bonchev–Trinajstić information content (AvgIpc) is 3.26. The van der Waals surface area contributed by atoms with E-state index in [0.717, 1.165) is 11.3 Å². The maximum absolute atomic E-state index is 13.2. The van der Waals surface area contributed by atoms with E-state index in [1.807, 2.05) is 31.2 Å². The molecule has 1 aliphatic heterocycles. The van der Waals surface area contributed by atoms with Crippen LogP contribution in [0.15, 0.2) is 72.8 Å². The van der Waals surface area contributed by atoms with Crippen LogP contribution in [0.1, 0.15) is 29.3 Å². The average molecular weight is 476 g/mol. The number of halogens is 1. The third kappa shape index (κ3) is 5.84. The molecule has 0 unspecified atom stereocenters. The zero-order valence-corrected chi connectivity index (χ0v) is 19.3. The van der Waals surface area contributed by atoms with Crippen LogP contribution in [-0.2, 0) is 16.1 Å². The monoisotopic (exact) mass is 475 g/mol. The maximum Gasteiger partial charge on any atom is 0.253 e. The smallest absolute Gasteiger partial charge is 0.253 e. The number of benzene rings is 3. The summed E-state index contributed by atoms with van der Waals surface area (Å²) in [5, 5.41) is 5.67. The number of hydrogen-bond acceptors (Lipinski definition) is 4. The molecule has 2 N–H and O–H groups in total. The van der Waals surface area contributed by atoms with E-state index in [-0.39, 0.29) is 30.7 Å². The molecule has 3 aromatic carbocycles. The summed E-state index contributed by atoms with van der Waals surface area (Å²) in [7, 11) is 0. The van der Waals surface area contributed by atoms with Gasteiger partial charge in [0.2, 0.25) is 11.8 Å². The van der Waals surface area contributed by atoms with Crippen molar-refractivity contribution in [1.82, 2.24) is 5.32 Å². The molecule has 3 aromatic rings. The normalized spacial score (nSPS) is 15.1. The second-order valence-electron chi connectivity index (χ2n) is 8.18. The number of carbonyl (C=O) groups is 3. The van der Waals surface area contributed by atoms with Gasteiger partial charge in [-0.3, -0.25) is 14.4 Å². The summed E-state index contributed by atoms with van der Waals surface area (Å²) in [4.78, 5) is 39.7. The van der Waals surface area contributed by atoms with E-state index >= 15 is 0 Å². The van der Waals surface area contributed by atoms with Gasteiger partial charge in [-0.25, -0.2) is 4.39 Å². The quantitative estimate of drug-likeness (QED) is 0.513. The minimum atomic E-state index is -0.590. The zero-order chi connectivity index (χ0) is 24.8. The minimum absolute atomic E-state index is 0.0370.